The number of primary amides is 1. The Morgan fingerprint density at radius 1 is 1.25 bits per heavy atom. The van der Waals surface area contributed by atoms with E-state index in [0.29, 0.717) is 19.4 Å². The number of carbonyl (C=O) groups excluding carboxylic acids is 3. The number of benzene rings is 1. The van der Waals surface area contributed by atoms with Crippen LogP contribution in [0.1, 0.15) is 45.6 Å². The lowest BCUT2D eigenvalue weighted by molar-refractivity contribution is -0.129. The van der Waals surface area contributed by atoms with E-state index in [1.807, 2.05) is 30.3 Å². The summed E-state index contributed by atoms with van der Waals surface area (Å²) in [6, 6.07) is 7.77. The second-order valence-electron chi connectivity index (χ2n) is 9.74. The van der Waals surface area contributed by atoms with E-state index < -0.39 is 38.1 Å². The zero-order valence-corrected chi connectivity index (χ0v) is 20.7. The van der Waals surface area contributed by atoms with Crippen LogP contribution in [0, 0.1) is 11.5 Å². The van der Waals surface area contributed by atoms with E-state index in [-0.39, 0.29) is 18.1 Å². The molecule has 1 aromatic carbocycles. The quantitative estimate of drug-likeness (QED) is 0.506. The molecule has 8 heteroatoms. The van der Waals surface area contributed by atoms with E-state index in [1.165, 1.54) is 4.90 Å². The van der Waals surface area contributed by atoms with Crippen molar-refractivity contribution in [3.63, 3.8) is 0 Å². The minimum atomic E-state index is -1.83. The zero-order valence-electron chi connectivity index (χ0n) is 19.7. The predicted molar refractivity (Wildman–Crippen MR) is 127 cm³/mol. The van der Waals surface area contributed by atoms with Crippen LogP contribution in [0.25, 0.3) is 0 Å². The molecule has 0 spiro atoms. The first-order valence-corrected chi connectivity index (χ1v) is 14.0. The highest BCUT2D eigenvalue weighted by Gasteiger charge is 2.37. The monoisotopic (exact) mass is 457 g/mol. The standard InChI is InChI=1S/C24H35N3O4Si/c1-24(2,3)32(4,5)16-10-13-19(21(25)28)26-22(29)20-14-9-15-27(20)23(30)31-17-18-11-7-6-8-12-18/h6-8,11-12,19-20H,9,13-15,17H2,1-5H3,(H2,25,28)(H,26,29)/t19-,20+/m0/s1. The van der Waals surface area contributed by atoms with Crippen molar-refractivity contribution in [2.45, 2.75) is 76.9 Å². The average Bonchev–Trinajstić information content (AvgIpc) is 3.21. The molecule has 0 aromatic heterocycles. The summed E-state index contributed by atoms with van der Waals surface area (Å²) in [5, 5.41) is 2.79. The van der Waals surface area contributed by atoms with Crippen molar-refractivity contribution in [2.75, 3.05) is 6.54 Å². The first-order chi connectivity index (χ1) is 14.9. The third-order valence-electron chi connectivity index (χ3n) is 6.24. The zero-order chi connectivity index (χ0) is 23.9. The van der Waals surface area contributed by atoms with Gasteiger partial charge in [-0.2, -0.15) is 0 Å². The Bertz CT molecular complexity index is 884. The minimum Gasteiger partial charge on any atom is -0.445 e. The maximum absolute atomic E-state index is 12.9. The second-order valence-corrected chi connectivity index (χ2v) is 14.7. The fourth-order valence-electron chi connectivity index (χ4n) is 3.11. The van der Waals surface area contributed by atoms with Crippen molar-refractivity contribution in [1.29, 1.82) is 0 Å². The predicted octanol–water partition coefficient (Wildman–Crippen LogP) is 3.20. The number of nitrogens with zero attached hydrogens (tertiary/aromatic N) is 1. The van der Waals surface area contributed by atoms with E-state index >= 15 is 0 Å². The third kappa shape index (κ3) is 6.86. The van der Waals surface area contributed by atoms with Gasteiger partial charge in [-0.1, -0.05) is 64.2 Å². The molecule has 32 heavy (non-hydrogen) atoms. The van der Waals surface area contributed by atoms with Crippen molar-refractivity contribution < 1.29 is 19.1 Å². The molecule has 0 radical (unpaired) electrons. The number of carbonyl (C=O) groups is 3. The van der Waals surface area contributed by atoms with Crippen molar-refractivity contribution in [1.82, 2.24) is 10.2 Å². The molecule has 1 heterocycles. The van der Waals surface area contributed by atoms with Crippen molar-refractivity contribution in [3.8, 4) is 11.5 Å². The molecule has 2 atom stereocenters. The Kier molecular flexibility index (Phi) is 8.50. The average molecular weight is 458 g/mol. The number of likely N-dealkylation sites (tertiary alicyclic amines) is 1. The normalized spacial score (nSPS) is 17.2. The van der Waals surface area contributed by atoms with Crippen LogP contribution < -0.4 is 11.1 Å². The summed E-state index contributed by atoms with van der Waals surface area (Å²) in [6.45, 7) is 11.4. The highest BCUT2D eigenvalue weighted by Crippen LogP contribution is 2.35. The van der Waals surface area contributed by atoms with Gasteiger partial charge >= 0.3 is 6.09 Å². The topological polar surface area (TPSA) is 102 Å². The Hall–Kier alpha value is -2.79. The van der Waals surface area contributed by atoms with Gasteiger partial charge in [0.1, 0.15) is 26.8 Å². The highest BCUT2D eigenvalue weighted by molar-refractivity contribution is 6.87. The van der Waals surface area contributed by atoms with Crippen LogP contribution in [0.15, 0.2) is 30.3 Å². The largest absolute Gasteiger partial charge is 0.445 e. The summed E-state index contributed by atoms with van der Waals surface area (Å²) in [6.07, 6.45) is 0.803. The highest BCUT2D eigenvalue weighted by atomic mass is 28.3. The number of nitrogens with one attached hydrogen (secondary N) is 1. The lowest BCUT2D eigenvalue weighted by Gasteiger charge is -2.31. The number of rotatable bonds is 6. The molecule has 0 aliphatic carbocycles. The minimum absolute atomic E-state index is 0.0932. The van der Waals surface area contributed by atoms with Crippen LogP contribution in [0.5, 0.6) is 0 Å². The van der Waals surface area contributed by atoms with Gasteiger partial charge in [0.2, 0.25) is 11.8 Å². The van der Waals surface area contributed by atoms with Gasteiger partial charge in [0.25, 0.3) is 0 Å². The maximum atomic E-state index is 12.9. The SMILES string of the molecule is CC(C)(C)[Si](C)(C)C#CC[C@H](NC(=O)[C@H]1CCCN1C(=O)OCc1ccccc1)C(N)=O. The number of hydrogen-bond acceptors (Lipinski definition) is 4. The van der Waals surface area contributed by atoms with Gasteiger partial charge in [-0.25, -0.2) is 4.79 Å². The summed E-state index contributed by atoms with van der Waals surface area (Å²) in [5.74, 6) is 2.03. The molecule has 3 N–H and O–H groups in total. The second kappa shape index (κ2) is 10.7. The molecule has 0 unspecified atom stereocenters. The molecule has 1 saturated heterocycles. The number of nitrogens with two attached hydrogens (primary N) is 1. The molecule has 3 amide bonds. The van der Waals surface area contributed by atoms with Crippen LogP contribution >= 0.6 is 0 Å². The van der Waals surface area contributed by atoms with Crippen LogP contribution in [0.4, 0.5) is 4.79 Å². The summed E-state index contributed by atoms with van der Waals surface area (Å²) < 4.78 is 5.38. The Morgan fingerprint density at radius 2 is 1.91 bits per heavy atom. The van der Waals surface area contributed by atoms with Gasteiger partial charge in [-0.3, -0.25) is 14.5 Å². The summed E-state index contributed by atoms with van der Waals surface area (Å²) in [7, 11) is -1.83. The Labute approximate surface area is 192 Å². The first-order valence-electron chi connectivity index (χ1n) is 11.0. The van der Waals surface area contributed by atoms with Crippen LogP contribution in [-0.2, 0) is 20.9 Å². The fraction of sp³-hybridized carbons (Fsp3) is 0.542. The number of amides is 3. The van der Waals surface area contributed by atoms with E-state index in [2.05, 4.69) is 50.6 Å². The van der Waals surface area contributed by atoms with E-state index in [9.17, 15) is 14.4 Å². The van der Waals surface area contributed by atoms with Crippen LogP contribution in [0.2, 0.25) is 18.1 Å². The molecule has 2 rings (SSSR count). The van der Waals surface area contributed by atoms with Crippen LogP contribution in [0.3, 0.4) is 0 Å². The summed E-state index contributed by atoms with van der Waals surface area (Å²) in [5.41, 5.74) is 9.71. The molecule has 1 fully saturated rings. The number of ether oxygens (including phenoxy) is 1. The van der Waals surface area contributed by atoms with Crippen molar-refractivity contribution in [3.05, 3.63) is 35.9 Å². The lowest BCUT2D eigenvalue weighted by atomic mass is 10.1. The van der Waals surface area contributed by atoms with Gasteiger partial charge in [0.05, 0.1) is 0 Å². The Balaban J connectivity index is 1.98. The van der Waals surface area contributed by atoms with Gasteiger partial charge in [0, 0.05) is 13.0 Å². The van der Waals surface area contributed by atoms with Gasteiger partial charge in [-0.15, -0.1) is 11.5 Å². The van der Waals surface area contributed by atoms with Gasteiger partial charge in [-0.05, 0) is 23.4 Å². The molecule has 7 nitrogen and oxygen atoms in total. The van der Waals surface area contributed by atoms with Crippen LogP contribution in [-0.4, -0.2) is 49.5 Å². The molecular weight excluding hydrogens is 422 g/mol. The maximum Gasteiger partial charge on any atom is 0.410 e. The lowest BCUT2D eigenvalue weighted by Crippen LogP contribution is -2.52. The fourth-order valence-corrected chi connectivity index (χ4v) is 4.03. The smallest absolute Gasteiger partial charge is 0.410 e. The molecule has 1 aliphatic rings. The van der Waals surface area contributed by atoms with E-state index in [0.717, 1.165) is 5.56 Å². The number of hydrogen-bond donors (Lipinski definition) is 2. The van der Waals surface area contributed by atoms with Gasteiger partial charge in [0.15, 0.2) is 0 Å². The molecule has 174 valence electrons. The molecule has 1 aliphatic heterocycles. The summed E-state index contributed by atoms with van der Waals surface area (Å²) >= 11 is 0. The third-order valence-corrected chi connectivity index (χ3v) is 10.8. The van der Waals surface area contributed by atoms with E-state index in [4.69, 9.17) is 10.5 Å². The molecule has 1 aromatic rings. The van der Waals surface area contributed by atoms with E-state index in [1.54, 1.807) is 0 Å². The molecule has 0 bridgehead atoms. The van der Waals surface area contributed by atoms with Crippen molar-refractivity contribution >= 4 is 26.0 Å². The Morgan fingerprint density at radius 3 is 2.50 bits per heavy atom. The molecular formula is C24H35N3O4Si. The van der Waals surface area contributed by atoms with Crippen molar-refractivity contribution in [2.24, 2.45) is 5.73 Å². The molecule has 0 saturated carbocycles. The first kappa shape index (κ1) is 25.5. The van der Waals surface area contributed by atoms with Gasteiger partial charge < -0.3 is 15.8 Å². The summed E-state index contributed by atoms with van der Waals surface area (Å²) in [4.78, 5) is 38.7.